The van der Waals surface area contributed by atoms with Crippen LogP contribution in [0, 0.1) is 5.92 Å². The topological polar surface area (TPSA) is 58.2 Å². The number of methoxy groups -OCH3 is 1. The van der Waals surface area contributed by atoms with Gasteiger partial charge in [-0.15, -0.1) is 0 Å². The Morgan fingerprint density at radius 1 is 1.39 bits per heavy atom. The molecule has 1 heterocycles. The van der Waals surface area contributed by atoms with E-state index in [1.165, 1.54) is 13.4 Å². The summed E-state index contributed by atoms with van der Waals surface area (Å²) in [6.07, 6.45) is 3.67. The predicted molar refractivity (Wildman–Crippen MR) is 73.4 cm³/mol. The second-order valence-corrected chi connectivity index (χ2v) is 4.31. The molecule has 0 saturated carbocycles. The van der Waals surface area contributed by atoms with Crippen LogP contribution in [0.5, 0.6) is 5.75 Å². The Hall–Kier alpha value is -1.52. The van der Waals surface area contributed by atoms with E-state index in [9.17, 15) is 4.79 Å². The van der Waals surface area contributed by atoms with Crippen molar-refractivity contribution >= 4 is 5.82 Å². The van der Waals surface area contributed by atoms with Gasteiger partial charge in [-0.3, -0.25) is 4.79 Å². The van der Waals surface area contributed by atoms with Crippen molar-refractivity contribution in [3.05, 3.63) is 16.7 Å². The fraction of sp³-hybridized carbons (Fsp3) is 0.692. The first-order valence-electron chi connectivity index (χ1n) is 6.54. The SMILES string of the molecule is CCC(CC)CN(CC)c1nc[nH]c(=O)c1OC. The number of aromatic nitrogens is 2. The fourth-order valence-electron chi connectivity index (χ4n) is 2.01. The number of hydrogen-bond donors (Lipinski definition) is 1. The van der Waals surface area contributed by atoms with Crippen molar-refractivity contribution in [2.45, 2.75) is 33.6 Å². The molecular weight excluding hydrogens is 230 g/mol. The van der Waals surface area contributed by atoms with Crippen molar-refractivity contribution in [1.29, 1.82) is 0 Å². The second kappa shape index (κ2) is 7.03. The van der Waals surface area contributed by atoms with Gasteiger partial charge in [0.2, 0.25) is 5.75 Å². The van der Waals surface area contributed by atoms with Gasteiger partial charge >= 0.3 is 0 Å². The molecule has 0 aliphatic rings. The molecule has 18 heavy (non-hydrogen) atoms. The second-order valence-electron chi connectivity index (χ2n) is 4.31. The predicted octanol–water partition coefficient (Wildman–Crippen LogP) is 2.04. The normalized spacial score (nSPS) is 10.7. The lowest BCUT2D eigenvalue weighted by Gasteiger charge is -2.27. The van der Waals surface area contributed by atoms with Crippen LogP contribution in [0.4, 0.5) is 5.82 Å². The Morgan fingerprint density at radius 3 is 2.56 bits per heavy atom. The van der Waals surface area contributed by atoms with E-state index >= 15 is 0 Å². The minimum absolute atomic E-state index is 0.231. The smallest absolute Gasteiger partial charge is 0.295 e. The monoisotopic (exact) mass is 253 g/mol. The number of rotatable bonds is 7. The minimum Gasteiger partial charge on any atom is -0.489 e. The van der Waals surface area contributed by atoms with Crippen LogP contribution in [0.2, 0.25) is 0 Å². The van der Waals surface area contributed by atoms with E-state index in [1.54, 1.807) is 0 Å². The Balaban J connectivity index is 3.01. The molecule has 1 rings (SSSR count). The lowest BCUT2D eigenvalue weighted by Crippen LogP contribution is -2.31. The van der Waals surface area contributed by atoms with Crippen LogP contribution in [0.1, 0.15) is 33.6 Å². The van der Waals surface area contributed by atoms with Crippen LogP contribution >= 0.6 is 0 Å². The van der Waals surface area contributed by atoms with Gasteiger partial charge in [-0.1, -0.05) is 26.7 Å². The van der Waals surface area contributed by atoms with Crippen molar-refractivity contribution in [3.8, 4) is 5.75 Å². The average Bonchev–Trinajstić information content (AvgIpc) is 2.40. The first-order valence-corrected chi connectivity index (χ1v) is 6.54. The molecule has 1 N–H and O–H groups in total. The van der Waals surface area contributed by atoms with Crippen LogP contribution in [0.3, 0.4) is 0 Å². The molecule has 1 aromatic heterocycles. The van der Waals surface area contributed by atoms with Gasteiger partial charge in [0.25, 0.3) is 5.56 Å². The third kappa shape index (κ3) is 3.24. The number of aromatic amines is 1. The van der Waals surface area contributed by atoms with E-state index in [1.807, 2.05) is 0 Å². The highest BCUT2D eigenvalue weighted by atomic mass is 16.5. The maximum absolute atomic E-state index is 11.7. The summed E-state index contributed by atoms with van der Waals surface area (Å²) in [5, 5.41) is 0. The molecule has 5 heteroatoms. The van der Waals surface area contributed by atoms with Crippen molar-refractivity contribution in [2.24, 2.45) is 5.92 Å². The first kappa shape index (κ1) is 14.5. The number of nitrogens with zero attached hydrogens (tertiary/aromatic N) is 2. The van der Waals surface area contributed by atoms with Gasteiger partial charge < -0.3 is 14.6 Å². The Morgan fingerprint density at radius 2 is 2.06 bits per heavy atom. The van der Waals surface area contributed by atoms with E-state index < -0.39 is 0 Å². The standard InChI is InChI=1S/C13H23N3O2/c1-5-10(6-2)8-16(7-3)12-11(18-4)13(17)15-9-14-12/h9-10H,5-8H2,1-4H3,(H,14,15,17). The Kier molecular flexibility index (Phi) is 5.68. The van der Waals surface area contributed by atoms with Crippen LogP contribution < -0.4 is 15.2 Å². The fourth-order valence-corrected chi connectivity index (χ4v) is 2.01. The third-order valence-electron chi connectivity index (χ3n) is 3.31. The van der Waals surface area contributed by atoms with Gasteiger partial charge in [0.15, 0.2) is 5.82 Å². The largest absolute Gasteiger partial charge is 0.489 e. The van der Waals surface area contributed by atoms with Gasteiger partial charge in [-0.25, -0.2) is 4.98 Å². The molecular formula is C13H23N3O2. The molecule has 0 bridgehead atoms. The maximum Gasteiger partial charge on any atom is 0.295 e. The van der Waals surface area contributed by atoms with Gasteiger partial charge in [0.1, 0.15) is 0 Å². The van der Waals surface area contributed by atoms with Gasteiger partial charge in [-0.05, 0) is 12.8 Å². The minimum atomic E-state index is -0.231. The number of anilines is 1. The van der Waals surface area contributed by atoms with E-state index in [0.29, 0.717) is 17.5 Å². The molecule has 0 unspecified atom stereocenters. The molecule has 5 nitrogen and oxygen atoms in total. The van der Waals surface area contributed by atoms with Crippen molar-refractivity contribution < 1.29 is 4.74 Å². The van der Waals surface area contributed by atoms with Crippen LogP contribution in [0.25, 0.3) is 0 Å². The zero-order valence-electron chi connectivity index (χ0n) is 11.7. The molecule has 102 valence electrons. The van der Waals surface area contributed by atoms with E-state index in [0.717, 1.165) is 25.9 Å². The molecule has 0 amide bonds. The van der Waals surface area contributed by atoms with Crippen LogP contribution in [0.15, 0.2) is 11.1 Å². The van der Waals surface area contributed by atoms with Crippen molar-refractivity contribution in [2.75, 3.05) is 25.1 Å². The highest BCUT2D eigenvalue weighted by molar-refractivity contribution is 5.50. The summed E-state index contributed by atoms with van der Waals surface area (Å²) in [7, 11) is 1.50. The maximum atomic E-state index is 11.7. The first-order chi connectivity index (χ1) is 8.67. The molecule has 0 aromatic carbocycles. The number of H-pyrrole nitrogens is 1. The number of nitrogens with one attached hydrogen (secondary N) is 1. The molecule has 0 atom stereocenters. The van der Waals surface area contributed by atoms with Gasteiger partial charge in [0, 0.05) is 13.1 Å². The van der Waals surface area contributed by atoms with Crippen LogP contribution in [-0.2, 0) is 0 Å². The number of hydrogen-bond acceptors (Lipinski definition) is 4. The quantitative estimate of drug-likeness (QED) is 0.808. The zero-order valence-corrected chi connectivity index (χ0v) is 11.7. The average molecular weight is 253 g/mol. The lowest BCUT2D eigenvalue weighted by atomic mass is 10.0. The highest BCUT2D eigenvalue weighted by Gasteiger charge is 2.17. The summed E-state index contributed by atoms with van der Waals surface area (Å²) in [5.41, 5.74) is -0.231. The highest BCUT2D eigenvalue weighted by Crippen LogP contribution is 2.22. The number of ether oxygens (including phenoxy) is 1. The molecule has 0 saturated heterocycles. The molecule has 1 aromatic rings. The molecule has 0 radical (unpaired) electrons. The summed E-state index contributed by atoms with van der Waals surface area (Å²) in [6.45, 7) is 8.14. The Labute approximate surface area is 108 Å². The third-order valence-corrected chi connectivity index (χ3v) is 3.31. The molecule has 0 fully saturated rings. The van der Waals surface area contributed by atoms with Crippen molar-refractivity contribution in [1.82, 2.24) is 9.97 Å². The van der Waals surface area contributed by atoms with E-state index in [4.69, 9.17) is 4.74 Å². The molecule has 0 aliphatic heterocycles. The van der Waals surface area contributed by atoms with Crippen molar-refractivity contribution in [3.63, 3.8) is 0 Å². The molecule has 0 aliphatic carbocycles. The summed E-state index contributed by atoms with van der Waals surface area (Å²) in [6, 6.07) is 0. The molecule has 0 spiro atoms. The van der Waals surface area contributed by atoms with E-state index in [2.05, 4.69) is 35.6 Å². The van der Waals surface area contributed by atoms with Crippen LogP contribution in [-0.4, -0.2) is 30.2 Å². The lowest BCUT2D eigenvalue weighted by molar-refractivity contribution is 0.402. The van der Waals surface area contributed by atoms with Gasteiger partial charge in [-0.2, -0.15) is 0 Å². The summed E-state index contributed by atoms with van der Waals surface area (Å²) < 4.78 is 5.16. The van der Waals surface area contributed by atoms with Gasteiger partial charge in [0.05, 0.1) is 13.4 Å². The Bertz CT molecular complexity index is 413. The summed E-state index contributed by atoms with van der Waals surface area (Å²) in [4.78, 5) is 20.6. The summed E-state index contributed by atoms with van der Waals surface area (Å²) >= 11 is 0. The summed E-state index contributed by atoms with van der Waals surface area (Å²) in [5.74, 6) is 1.54. The zero-order chi connectivity index (χ0) is 13.5. The van der Waals surface area contributed by atoms with E-state index in [-0.39, 0.29) is 5.56 Å².